The minimum atomic E-state index is 0.768. The number of nitrogens with zero attached hydrogens (tertiary/aromatic N) is 4. The normalized spacial score (nSPS) is 10.9. The van der Waals surface area contributed by atoms with E-state index in [1.54, 1.807) is 0 Å². The Morgan fingerprint density at radius 2 is 1.94 bits per heavy atom. The second-order valence-electron chi connectivity index (χ2n) is 3.97. The van der Waals surface area contributed by atoms with Gasteiger partial charge in [-0.3, -0.25) is 9.36 Å². The van der Waals surface area contributed by atoms with Gasteiger partial charge in [-0.15, -0.1) is 0 Å². The topological polar surface area (TPSA) is 35.6 Å². The van der Waals surface area contributed by atoms with E-state index in [9.17, 15) is 0 Å². The van der Waals surface area contributed by atoms with Crippen molar-refractivity contribution >= 4 is 0 Å². The van der Waals surface area contributed by atoms with Gasteiger partial charge in [-0.2, -0.15) is 10.2 Å². The molecule has 0 radical (unpaired) electrons. The first-order valence-electron chi connectivity index (χ1n) is 5.77. The van der Waals surface area contributed by atoms with Crippen LogP contribution in [-0.2, 0) is 26.4 Å². The zero-order valence-electron chi connectivity index (χ0n) is 10.1. The predicted molar refractivity (Wildman–Crippen MR) is 63.3 cm³/mol. The summed E-state index contributed by atoms with van der Waals surface area (Å²) in [5.74, 6) is 0. The molecule has 0 aromatic carbocycles. The van der Waals surface area contributed by atoms with Crippen molar-refractivity contribution in [2.24, 2.45) is 7.05 Å². The van der Waals surface area contributed by atoms with Crippen molar-refractivity contribution < 1.29 is 0 Å². The highest BCUT2D eigenvalue weighted by atomic mass is 15.3. The third-order valence-corrected chi connectivity index (χ3v) is 2.72. The van der Waals surface area contributed by atoms with Crippen LogP contribution in [0.15, 0.2) is 18.3 Å². The fourth-order valence-corrected chi connectivity index (χ4v) is 1.81. The molecule has 0 aliphatic carbocycles. The van der Waals surface area contributed by atoms with E-state index in [4.69, 9.17) is 0 Å². The van der Waals surface area contributed by atoms with E-state index in [1.165, 1.54) is 5.69 Å². The van der Waals surface area contributed by atoms with Crippen molar-refractivity contribution in [3.05, 3.63) is 35.4 Å². The van der Waals surface area contributed by atoms with Crippen LogP contribution in [-0.4, -0.2) is 19.6 Å². The lowest BCUT2D eigenvalue weighted by atomic mass is 10.2. The highest BCUT2D eigenvalue weighted by molar-refractivity contribution is 5.12. The van der Waals surface area contributed by atoms with Gasteiger partial charge >= 0.3 is 0 Å². The molecule has 2 heterocycles. The molecule has 86 valence electrons. The summed E-state index contributed by atoms with van der Waals surface area (Å²) < 4.78 is 3.88. The van der Waals surface area contributed by atoms with Crippen molar-refractivity contribution in [1.29, 1.82) is 0 Å². The number of hydrogen-bond acceptors (Lipinski definition) is 2. The van der Waals surface area contributed by atoms with Gasteiger partial charge in [0.2, 0.25) is 0 Å². The molecule has 4 nitrogen and oxygen atoms in total. The number of rotatable bonds is 4. The van der Waals surface area contributed by atoms with Crippen LogP contribution in [0, 0.1) is 0 Å². The first kappa shape index (κ1) is 10.9. The fourth-order valence-electron chi connectivity index (χ4n) is 1.81. The third kappa shape index (κ3) is 2.15. The average Bonchev–Trinajstić information content (AvgIpc) is 2.85. The Kier molecular flexibility index (Phi) is 3.08. The quantitative estimate of drug-likeness (QED) is 0.784. The number of aromatic nitrogens is 4. The fraction of sp³-hybridized carbons (Fsp3) is 0.500. The molecule has 0 aliphatic heterocycles. The molecule has 0 atom stereocenters. The minimum absolute atomic E-state index is 0.768. The van der Waals surface area contributed by atoms with Gasteiger partial charge in [0.15, 0.2) is 0 Å². The Balaban J connectivity index is 2.22. The second kappa shape index (κ2) is 4.51. The Labute approximate surface area is 95.9 Å². The molecule has 0 spiro atoms. The van der Waals surface area contributed by atoms with Crippen molar-refractivity contribution in [3.63, 3.8) is 0 Å². The monoisotopic (exact) mass is 218 g/mol. The van der Waals surface area contributed by atoms with E-state index in [1.807, 2.05) is 24.0 Å². The lowest BCUT2D eigenvalue weighted by Gasteiger charge is -2.02. The van der Waals surface area contributed by atoms with Crippen LogP contribution in [0.5, 0.6) is 0 Å². The van der Waals surface area contributed by atoms with Crippen LogP contribution in [0.4, 0.5) is 0 Å². The molecule has 0 fully saturated rings. The van der Waals surface area contributed by atoms with Crippen LogP contribution < -0.4 is 0 Å². The molecule has 0 bridgehead atoms. The van der Waals surface area contributed by atoms with Gasteiger partial charge in [-0.1, -0.05) is 13.8 Å². The van der Waals surface area contributed by atoms with Gasteiger partial charge in [-0.25, -0.2) is 0 Å². The van der Waals surface area contributed by atoms with Gasteiger partial charge in [0, 0.05) is 18.9 Å². The summed E-state index contributed by atoms with van der Waals surface area (Å²) in [5.41, 5.74) is 3.50. The molecule has 2 rings (SSSR count). The zero-order chi connectivity index (χ0) is 11.5. The van der Waals surface area contributed by atoms with Crippen molar-refractivity contribution in [1.82, 2.24) is 19.6 Å². The van der Waals surface area contributed by atoms with E-state index < -0.39 is 0 Å². The third-order valence-electron chi connectivity index (χ3n) is 2.72. The van der Waals surface area contributed by atoms with E-state index in [0.29, 0.717) is 0 Å². The summed E-state index contributed by atoms with van der Waals surface area (Å²) in [6.07, 6.45) is 3.97. The van der Waals surface area contributed by atoms with Crippen LogP contribution in [0.3, 0.4) is 0 Å². The first-order valence-corrected chi connectivity index (χ1v) is 5.77. The van der Waals surface area contributed by atoms with Gasteiger partial charge in [0.25, 0.3) is 0 Å². The van der Waals surface area contributed by atoms with Gasteiger partial charge in [0.1, 0.15) is 0 Å². The molecular formula is C12H18N4. The SMILES string of the molecule is CCc1cc(CC)n(Cc2ccn(C)n2)n1. The van der Waals surface area contributed by atoms with Crippen LogP contribution >= 0.6 is 0 Å². The molecule has 0 amide bonds. The zero-order valence-corrected chi connectivity index (χ0v) is 10.1. The van der Waals surface area contributed by atoms with Crippen molar-refractivity contribution in [2.45, 2.75) is 33.2 Å². The van der Waals surface area contributed by atoms with Crippen LogP contribution in [0.2, 0.25) is 0 Å². The summed E-state index contributed by atoms with van der Waals surface area (Å²) >= 11 is 0. The van der Waals surface area contributed by atoms with E-state index in [0.717, 1.165) is 30.8 Å². The van der Waals surface area contributed by atoms with Gasteiger partial charge in [-0.05, 0) is 25.0 Å². The maximum absolute atomic E-state index is 4.57. The largest absolute Gasteiger partial charge is 0.275 e. The molecule has 0 saturated heterocycles. The minimum Gasteiger partial charge on any atom is -0.275 e. The molecular weight excluding hydrogens is 200 g/mol. The Bertz CT molecular complexity index is 467. The van der Waals surface area contributed by atoms with Crippen molar-refractivity contribution in [3.8, 4) is 0 Å². The lowest BCUT2D eigenvalue weighted by molar-refractivity contribution is 0.617. The van der Waals surface area contributed by atoms with Gasteiger partial charge < -0.3 is 0 Å². The van der Waals surface area contributed by atoms with E-state index in [-0.39, 0.29) is 0 Å². The molecule has 0 saturated carbocycles. The average molecular weight is 218 g/mol. The maximum Gasteiger partial charge on any atom is 0.0853 e. The standard InChI is InChI=1S/C12H18N4/c1-4-10-8-12(5-2)16(14-10)9-11-6-7-15(3)13-11/h6-8H,4-5,9H2,1-3H3. The molecule has 0 aliphatic rings. The highest BCUT2D eigenvalue weighted by Crippen LogP contribution is 2.08. The predicted octanol–water partition coefficient (Wildman–Crippen LogP) is 1.79. The van der Waals surface area contributed by atoms with Gasteiger partial charge in [0.05, 0.1) is 17.9 Å². The lowest BCUT2D eigenvalue weighted by Crippen LogP contribution is -2.07. The molecule has 4 heteroatoms. The Hall–Kier alpha value is -1.58. The number of aryl methyl sites for hydroxylation is 3. The first-order chi connectivity index (χ1) is 7.72. The molecule has 0 N–H and O–H groups in total. The molecule has 0 unspecified atom stereocenters. The molecule has 2 aromatic heterocycles. The maximum atomic E-state index is 4.57. The second-order valence-corrected chi connectivity index (χ2v) is 3.97. The summed E-state index contributed by atoms with van der Waals surface area (Å²) in [7, 11) is 1.94. The van der Waals surface area contributed by atoms with E-state index in [2.05, 4.69) is 34.8 Å². The van der Waals surface area contributed by atoms with Crippen molar-refractivity contribution in [2.75, 3.05) is 0 Å². The molecule has 2 aromatic rings. The Morgan fingerprint density at radius 3 is 2.50 bits per heavy atom. The van der Waals surface area contributed by atoms with Crippen LogP contribution in [0.1, 0.15) is 30.9 Å². The summed E-state index contributed by atoms with van der Waals surface area (Å²) in [5, 5.41) is 8.94. The number of hydrogen-bond donors (Lipinski definition) is 0. The van der Waals surface area contributed by atoms with E-state index >= 15 is 0 Å². The van der Waals surface area contributed by atoms with Crippen LogP contribution in [0.25, 0.3) is 0 Å². The summed E-state index contributed by atoms with van der Waals surface area (Å²) in [6, 6.07) is 4.22. The molecule has 16 heavy (non-hydrogen) atoms. The Morgan fingerprint density at radius 1 is 1.12 bits per heavy atom. The summed E-state index contributed by atoms with van der Waals surface area (Å²) in [4.78, 5) is 0. The smallest absolute Gasteiger partial charge is 0.0853 e. The highest BCUT2D eigenvalue weighted by Gasteiger charge is 2.06. The summed E-state index contributed by atoms with van der Waals surface area (Å²) in [6.45, 7) is 5.06.